The summed E-state index contributed by atoms with van der Waals surface area (Å²) in [5, 5.41) is 15.9. The summed E-state index contributed by atoms with van der Waals surface area (Å²) >= 11 is 5.62. The average molecular weight is 499 g/mol. The lowest BCUT2D eigenvalue weighted by molar-refractivity contribution is -0.116. The number of carbonyl (C=O) groups excluding carboxylic acids is 1. The number of benzene rings is 2. The fraction of sp³-hybridized carbons (Fsp3) is 0.111. The highest BCUT2D eigenvalue weighted by Gasteiger charge is 2.42. The number of carboxylic acids is 1. The minimum atomic E-state index is -1.01. The molecule has 36 heavy (non-hydrogen) atoms. The number of furan rings is 1. The third-order valence-electron chi connectivity index (χ3n) is 5.88. The lowest BCUT2D eigenvalue weighted by atomic mass is 10.0. The molecule has 2 aromatic carbocycles. The second kappa shape index (κ2) is 10.0. The first kappa shape index (κ1) is 23.3. The molecule has 180 valence electrons. The Morgan fingerprint density at radius 1 is 1.03 bits per heavy atom. The van der Waals surface area contributed by atoms with E-state index in [1.165, 1.54) is 6.07 Å². The van der Waals surface area contributed by atoms with E-state index in [1.54, 1.807) is 35.4 Å². The van der Waals surface area contributed by atoms with Gasteiger partial charge in [0, 0.05) is 17.4 Å². The van der Waals surface area contributed by atoms with Crippen LogP contribution in [0.15, 0.2) is 95.5 Å². The number of nitrogens with one attached hydrogen (secondary N) is 2. The maximum atomic E-state index is 12.9. The van der Waals surface area contributed by atoms with Crippen molar-refractivity contribution in [2.75, 3.05) is 11.9 Å². The summed E-state index contributed by atoms with van der Waals surface area (Å²) in [5.41, 5.74) is 2.25. The summed E-state index contributed by atoms with van der Waals surface area (Å²) in [4.78, 5) is 30.6. The Bertz CT molecular complexity index is 1410. The van der Waals surface area contributed by atoms with Gasteiger partial charge in [0.25, 0.3) is 0 Å². The van der Waals surface area contributed by atoms with E-state index < -0.39 is 12.0 Å². The molecule has 0 unspecified atom stereocenters. The van der Waals surface area contributed by atoms with E-state index >= 15 is 0 Å². The number of thiocarbonyl (C=S) groups is 1. The number of aromatic carboxylic acids is 1. The van der Waals surface area contributed by atoms with Crippen molar-refractivity contribution in [3.8, 4) is 11.3 Å². The van der Waals surface area contributed by atoms with Gasteiger partial charge in [0.1, 0.15) is 24.1 Å². The lowest BCUT2D eigenvalue weighted by Gasteiger charge is -2.25. The Kier molecular flexibility index (Phi) is 6.46. The quantitative estimate of drug-likeness (QED) is 0.316. The maximum Gasteiger partial charge on any atom is 0.335 e. The third-order valence-corrected chi connectivity index (χ3v) is 6.23. The van der Waals surface area contributed by atoms with Crippen molar-refractivity contribution in [1.82, 2.24) is 15.2 Å². The molecule has 1 aliphatic rings. The fourth-order valence-corrected chi connectivity index (χ4v) is 4.54. The molecule has 2 aromatic heterocycles. The molecule has 3 heterocycles. The molecule has 0 radical (unpaired) electrons. The Labute approximate surface area is 212 Å². The summed E-state index contributed by atoms with van der Waals surface area (Å²) in [6, 6.07) is 24.2. The van der Waals surface area contributed by atoms with Crippen molar-refractivity contribution in [1.29, 1.82) is 0 Å². The molecule has 4 aromatic rings. The highest BCUT2D eigenvalue weighted by Crippen LogP contribution is 2.40. The molecule has 1 amide bonds. The molecule has 0 saturated carbocycles. The van der Waals surface area contributed by atoms with Crippen LogP contribution >= 0.6 is 12.2 Å². The van der Waals surface area contributed by atoms with E-state index in [9.17, 15) is 14.7 Å². The molecule has 9 heteroatoms. The predicted octanol–water partition coefficient (Wildman–Crippen LogP) is 4.65. The van der Waals surface area contributed by atoms with Crippen LogP contribution in [0, 0.1) is 0 Å². The van der Waals surface area contributed by atoms with Crippen LogP contribution in [0.4, 0.5) is 5.69 Å². The van der Waals surface area contributed by atoms with E-state index in [1.807, 2.05) is 54.6 Å². The Morgan fingerprint density at radius 2 is 1.83 bits per heavy atom. The molecule has 2 atom stereocenters. The highest BCUT2D eigenvalue weighted by atomic mass is 32.1. The molecular formula is C27H22N4O4S. The van der Waals surface area contributed by atoms with E-state index in [4.69, 9.17) is 16.6 Å². The van der Waals surface area contributed by atoms with Gasteiger partial charge in [0.15, 0.2) is 5.11 Å². The van der Waals surface area contributed by atoms with Gasteiger partial charge in [-0.25, -0.2) is 4.79 Å². The van der Waals surface area contributed by atoms with Gasteiger partial charge in [0.05, 0.1) is 17.3 Å². The first-order chi connectivity index (χ1) is 17.5. The largest absolute Gasteiger partial charge is 0.478 e. The molecule has 0 bridgehead atoms. The topological polar surface area (TPSA) is 108 Å². The van der Waals surface area contributed by atoms with E-state index in [0.717, 1.165) is 5.69 Å². The highest BCUT2D eigenvalue weighted by molar-refractivity contribution is 7.80. The Morgan fingerprint density at radius 3 is 2.58 bits per heavy atom. The second-order valence-electron chi connectivity index (χ2n) is 8.26. The summed E-state index contributed by atoms with van der Waals surface area (Å²) in [6.07, 6.45) is 1.70. The van der Waals surface area contributed by atoms with Crippen molar-refractivity contribution in [3.05, 3.63) is 108 Å². The molecule has 8 nitrogen and oxygen atoms in total. The maximum absolute atomic E-state index is 12.9. The number of carbonyl (C=O) groups is 2. The summed E-state index contributed by atoms with van der Waals surface area (Å²) in [7, 11) is 0. The number of carboxylic acid groups (broad SMARTS) is 1. The van der Waals surface area contributed by atoms with Gasteiger partial charge in [-0.1, -0.05) is 36.4 Å². The van der Waals surface area contributed by atoms with Gasteiger partial charge in [-0.05, 0) is 60.7 Å². The molecule has 0 spiro atoms. The number of rotatable bonds is 7. The third kappa shape index (κ3) is 4.82. The SMILES string of the molecule is O=C(CN1C(=S)N[C@H](c2ccccn2)[C@@H]1c1ccc(-c2cccc(C(=O)O)c2)o1)Nc1ccccc1. The Hall–Kier alpha value is -4.50. The number of para-hydroxylation sites is 1. The van der Waals surface area contributed by atoms with Crippen molar-refractivity contribution in [2.45, 2.75) is 12.1 Å². The molecule has 1 saturated heterocycles. The fourth-order valence-electron chi connectivity index (χ4n) is 4.23. The zero-order chi connectivity index (χ0) is 25.1. The average Bonchev–Trinajstić information content (AvgIpc) is 3.50. The van der Waals surface area contributed by atoms with Crippen molar-refractivity contribution in [2.24, 2.45) is 0 Å². The number of nitrogens with zero attached hydrogens (tertiary/aromatic N) is 2. The molecular weight excluding hydrogens is 476 g/mol. The number of aromatic nitrogens is 1. The van der Waals surface area contributed by atoms with Crippen LogP contribution in [0.25, 0.3) is 11.3 Å². The van der Waals surface area contributed by atoms with Crippen LogP contribution in [-0.2, 0) is 4.79 Å². The van der Waals surface area contributed by atoms with Crippen LogP contribution in [0.5, 0.6) is 0 Å². The van der Waals surface area contributed by atoms with Crippen LogP contribution in [0.3, 0.4) is 0 Å². The minimum absolute atomic E-state index is 0.000734. The number of hydrogen-bond donors (Lipinski definition) is 3. The molecule has 1 fully saturated rings. The molecule has 3 N–H and O–H groups in total. The monoisotopic (exact) mass is 498 g/mol. The standard InChI is InChI=1S/C27H22N4O4S/c32-23(29-19-9-2-1-3-10-19)16-31-25(24(30-27(31)36)20-11-4-5-14-28-20)22-13-12-21(35-22)17-7-6-8-18(15-17)26(33)34/h1-15,24-25H,16H2,(H,29,32)(H,30,36)(H,33,34)/t24-,25+/m1/s1. The van der Waals surface area contributed by atoms with Crippen molar-refractivity contribution >= 4 is 34.9 Å². The summed E-state index contributed by atoms with van der Waals surface area (Å²) in [6.45, 7) is -0.000734. The predicted molar refractivity (Wildman–Crippen MR) is 138 cm³/mol. The first-order valence-corrected chi connectivity index (χ1v) is 11.7. The van der Waals surface area contributed by atoms with Gasteiger partial charge in [-0.3, -0.25) is 9.78 Å². The van der Waals surface area contributed by atoms with Gasteiger partial charge in [-0.15, -0.1) is 0 Å². The number of amides is 1. The second-order valence-corrected chi connectivity index (χ2v) is 8.64. The van der Waals surface area contributed by atoms with E-state index in [2.05, 4.69) is 15.6 Å². The van der Waals surface area contributed by atoms with E-state index in [0.29, 0.717) is 27.9 Å². The number of hydrogen-bond acceptors (Lipinski definition) is 5. The van der Waals surface area contributed by atoms with Gasteiger partial charge >= 0.3 is 5.97 Å². The molecule has 0 aliphatic carbocycles. The zero-order valence-corrected chi connectivity index (χ0v) is 19.8. The molecule has 1 aliphatic heterocycles. The van der Waals surface area contributed by atoms with Crippen LogP contribution < -0.4 is 10.6 Å². The number of anilines is 1. The molecule has 5 rings (SSSR count). The van der Waals surface area contributed by atoms with Gasteiger partial charge in [0.2, 0.25) is 5.91 Å². The minimum Gasteiger partial charge on any atom is -0.478 e. The van der Waals surface area contributed by atoms with E-state index in [-0.39, 0.29) is 24.1 Å². The van der Waals surface area contributed by atoms with Crippen molar-refractivity contribution < 1.29 is 19.1 Å². The zero-order valence-electron chi connectivity index (χ0n) is 19.0. The van der Waals surface area contributed by atoms with Crippen molar-refractivity contribution in [3.63, 3.8) is 0 Å². The van der Waals surface area contributed by atoms with Crippen LogP contribution in [0.2, 0.25) is 0 Å². The normalized spacial score (nSPS) is 17.0. The van der Waals surface area contributed by atoms with Crippen LogP contribution in [0.1, 0.15) is 33.9 Å². The Balaban J connectivity index is 1.47. The van der Waals surface area contributed by atoms with Gasteiger partial charge in [-0.2, -0.15) is 0 Å². The lowest BCUT2D eigenvalue weighted by Crippen LogP contribution is -2.36. The summed E-state index contributed by atoms with van der Waals surface area (Å²) < 4.78 is 6.22. The van der Waals surface area contributed by atoms with Crippen LogP contribution in [-0.4, -0.2) is 38.5 Å². The first-order valence-electron chi connectivity index (χ1n) is 11.3. The smallest absolute Gasteiger partial charge is 0.335 e. The van der Waals surface area contributed by atoms with Gasteiger partial charge < -0.3 is 25.1 Å². The number of pyridine rings is 1. The summed E-state index contributed by atoms with van der Waals surface area (Å²) in [5.74, 6) is -0.154.